The number of hydrogen-bond donors (Lipinski definition) is 1. The molecule has 1 aliphatic carbocycles. The fourth-order valence-electron chi connectivity index (χ4n) is 3.33. The lowest BCUT2D eigenvalue weighted by molar-refractivity contribution is -0.144. The normalized spacial score (nSPS) is 18.0. The molecule has 3 rings (SSSR count). The first-order chi connectivity index (χ1) is 12.5. The minimum atomic E-state index is -0.949. The zero-order valence-corrected chi connectivity index (χ0v) is 14.6. The van der Waals surface area contributed by atoms with Crippen LogP contribution in [0.5, 0.6) is 5.75 Å². The van der Waals surface area contributed by atoms with Crippen molar-refractivity contribution in [1.82, 2.24) is 9.80 Å². The van der Waals surface area contributed by atoms with Crippen molar-refractivity contribution in [3.8, 4) is 5.75 Å². The number of benzene rings is 1. The molecule has 2 aliphatic rings. The molecule has 26 heavy (non-hydrogen) atoms. The quantitative estimate of drug-likeness (QED) is 0.617. The van der Waals surface area contributed by atoms with Crippen molar-refractivity contribution in [2.75, 3.05) is 18.5 Å². The first-order valence-electron chi connectivity index (χ1n) is 8.73. The highest BCUT2D eigenvalue weighted by Gasteiger charge is 2.48. The monoisotopic (exact) mass is 359 g/mol. The van der Waals surface area contributed by atoms with Gasteiger partial charge in [0.05, 0.1) is 12.3 Å². The van der Waals surface area contributed by atoms with Crippen molar-refractivity contribution in [2.45, 2.75) is 38.6 Å². The Bertz CT molecular complexity index is 742. The molecule has 1 saturated heterocycles. The van der Waals surface area contributed by atoms with E-state index in [0.717, 1.165) is 17.7 Å². The van der Waals surface area contributed by atoms with Gasteiger partial charge in [-0.05, 0) is 31.9 Å². The van der Waals surface area contributed by atoms with E-state index in [1.807, 2.05) is 6.92 Å². The van der Waals surface area contributed by atoms with Gasteiger partial charge in [0, 0.05) is 6.04 Å². The third-order valence-electron chi connectivity index (χ3n) is 4.54. The van der Waals surface area contributed by atoms with E-state index in [1.165, 1.54) is 0 Å². The van der Waals surface area contributed by atoms with Crippen LogP contribution in [0.1, 0.15) is 32.6 Å². The minimum absolute atomic E-state index is 0.245. The van der Waals surface area contributed by atoms with Gasteiger partial charge in [0.2, 0.25) is 5.91 Å². The Morgan fingerprint density at radius 3 is 2.54 bits per heavy atom. The summed E-state index contributed by atoms with van der Waals surface area (Å²) in [6, 6.07) is 5.91. The molecule has 1 saturated carbocycles. The smallest absolute Gasteiger partial charge is 0.334 e. The number of urea groups is 1. The van der Waals surface area contributed by atoms with Crippen LogP contribution in [0.15, 0.2) is 24.3 Å². The summed E-state index contributed by atoms with van der Waals surface area (Å²) in [5.41, 5.74) is 0.442. The highest BCUT2D eigenvalue weighted by Crippen LogP contribution is 2.28. The number of anilines is 1. The molecule has 1 aromatic rings. The molecule has 8 nitrogen and oxygen atoms in total. The van der Waals surface area contributed by atoms with Crippen LogP contribution < -0.4 is 10.1 Å². The van der Waals surface area contributed by atoms with Crippen LogP contribution in [-0.2, 0) is 14.4 Å². The van der Waals surface area contributed by atoms with Gasteiger partial charge in [-0.2, -0.15) is 0 Å². The Morgan fingerprint density at radius 1 is 1.15 bits per heavy atom. The van der Waals surface area contributed by atoms with Crippen molar-refractivity contribution in [3.05, 3.63) is 24.3 Å². The molecule has 138 valence electrons. The van der Waals surface area contributed by atoms with Crippen LogP contribution in [0.4, 0.5) is 10.5 Å². The minimum Gasteiger partial charge on any atom is -0.492 e. The van der Waals surface area contributed by atoms with Crippen molar-refractivity contribution in [2.24, 2.45) is 0 Å². The fourth-order valence-corrected chi connectivity index (χ4v) is 3.33. The van der Waals surface area contributed by atoms with E-state index in [0.29, 0.717) is 35.8 Å². The van der Waals surface area contributed by atoms with E-state index in [-0.39, 0.29) is 6.04 Å². The van der Waals surface area contributed by atoms with Crippen LogP contribution in [-0.4, -0.2) is 52.7 Å². The SMILES string of the molecule is CCOc1ccccc1NC(=O)CN1C(=O)C(=O)N(C2CCCC2)C1=O. The second-order valence-corrected chi connectivity index (χ2v) is 6.26. The molecule has 8 heteroatoms. The summed E-state index contributed by atoms with van der Waals surface area (Å²) >= 11 is 0. The van der Waals surface area contributed by atoms with Gasteiger partial charge in [0.15, 0.2) is 0 Å². The van der Waals surface area contributed by atoms with Crippen molar-refractivity contribution in [1.29, 1.82) is 0 Å². The van der Waals surface area contributed by atoms with Gasteiger partial charge in [0.1, 0.15) is 12.3 Å². The number of hydrogen-bond acceptors (Lipinski definition) is 5. The molecule has 0 unspecified atom stereocenters. The number of para-hydroxylation sites is 2. The van der Waals surface area contributed by atoms with E-state index in [1.54, 1.807) is 24.3 Å². The van der Waals surface area contributed by atoms with Gasteiger partial charge in [-0.25, -0.2) is 9.69 Å². The predicted octanol–water partition coefficient (Wildman–Crippen LogP) is 1.76. The van der Waals surface area contributed by atoms with Crippen LogP contribution in [0.25, 0.3) is 0 Å². The standard InChI is InChI=1S/C18H21N3O5/c1-2-26-14-10-6-5-9-13(14)19-15(22)11-20-16(23)17(24)21(18(20)25)12-7-3-4-8-12/h5-6,9-10,12H,2-4,7-8,11H2,1H3,(H,19,22). The van der Waals surface area contributed by atoms with Gasteiger partial charge in [-0.15, -0.1) is 0 Å². The summed E-state index contributed by atoms with van der Waals surface area (Å²) in [7, 11) is 0. The molecule has 5 amide bonds. The molecular formula is C18H21N3O5. The van der Waals surface area contributed by atoms with Crippen molar-refractivity contribution < 1.29 is 23.9 Å². The van der Waals surface area contributed by atoms with E-state index in [9.17, 15) is 19.2 Å². The van der Waals surface area contributed by atoms with E-state index < -0.39 is 30.3 Å². The first-order valence-corrected chi connectivity index (χ1v) is 8.73. The molecule has 1 aromatic carbocycles. The number of imide groups is 2. The van der Waals surface area contributed by atoms with Gasteiger partial charge in [-0.3, -0.25) is 19.3 Å². The van der Waals surface area contributed by atoms with Gasteiger partial charge in [-0.1, -0.05) is 25.0 Å². The van der Waals surface area contributed by atoms with Crippen LogP contribution in [0.2, 0.25) is 0 Å². The van der Waals surface area contributed by atoms with E-state index in [2.05, 4.69) is 5.32 Å². The fraction of sp³-hybridized carbons (Fsp3) is 0.444. The summed E-state index contributed by atoms with van der Waals surface area (Å²) in [4.78, 5) is 50.8. The number of carbonyl (C=O) groups excluding carboxylic acids is 4. The zero-order valence-electron chi connectivity index (χ0n) is 14.6. The van der Waals surface area contributed by atoms with Gasteiger partial charge < -0.3 is 10.1 Å². The highest BCUT2D eigenvalue weighted by atomic mass is 16.5. The molecule has 2 fully saturated rings. The Kier molecular flexibility index (Phi) is 5.20. The first kappa shape index (κ1) is 17.9. The Morgan fingerprint density at radius 2 is 1.85 bits per heavy atom. The average Bonchev–Trinajstić information content (AvgIpc) is 3.21. The summed E-state index contributed by atoms with van der Waals surface area (Å²) < 4.78 is 5.43. The Labute approximate surface area is 151 Å². The molecule has 0 spiro atoms. The predicted molar refractivity (Wildman–Crippen MR) is 92.5 cm³/mol. The maximum Gasteiger partial charge on any atom is 0.334 e. The second-order valence-electron chi connectivity index (χ2n) is 6.26. The topological polar surface area (TPSA) is 96.0 Å². The average molecular weight is 359 g/mol. The molecule has 1 heterocycles. The molecular weight excluding hydrogens is 338 g/mol. The number of rotatable bonds is 6. The lowest BCUT2D eigenvalue weighted by atomic mass is 10.2. The Balaban J connectivity index is 1.68. The summed E-state index contributed by atoms with van der Waals surface area (Å²) in [5, 5.41) is 2.62. The van der Waals surface area contributed by atoms with Gasteiger partial charge >= 0.3 is 17.8 Å². The van der Waals surface area contributed by atoms with Crippen LogP contribution in [0.3, 0.4) is 0 Å². The molecule has 0 aromatic heterocycles. The van der Waals surface area contributed by atoms with E-state index >= 15 is 0 Å². The molecule has 0 radical (unpaired) electrons. The lowest BCUT2D eigenvalue weighted by Gasteiger charge is -2.21. The largest absolute Gasteiger partial charge is 0.492 e. The summed E-state index contributed by atoms with van der Waals surface area (Å²) in [6.45, 7) is 1.75. The maximum atomic E-state index is 12.5. The van der Waals surface area contributed by atoms with Crippen LogP contribution in [0, 0.1) is 0 Å². The second kappa shape index (κ2) is 7.55. The molecule has 0 atom stereocenters. The Hall–Kier alpha value is -2.90. The lowest BCUT2D eigenvalue weighted by Crippen LogP contribution is -2.41. The third kappa shape index (κ3) is 3.40. The van der Waals surface area contributed by atoms with Crippen molar-refractivity contribution >= 4 is 29.4 Å². The molecule has 0 bridgehead atoms. The van der Waals surface area contributed by atoms with Gasteiger partial charge in [0.25, 0.3) is 0 Å². The van der Waals surface area contributed by atoms with Crippen molar-refractivity contribution in [3.63, 3.8) is 0 Å². The molecule has 1 aliphatic heterocycles. The third-order valence-corrected chi connectivity index (χ3v) is 4.54. The number of nitrogens with zero attached hydrogens (tertiary/aromatic N) is 2. The molecule has 1 N–H and O–H groups in total. The van der Waals surface area contributed by atoms with E-state index in [4.69, 9.17) is 4.74 Å². The summed E-state index contributed by atoms with van der Waals surface area (Å²) in [6.07, 6.45) is 3.24. The zero-order chi connectivity index (χ0) is 18.7. The highest BCUT2D eigenvalue weighted by molar-refractivity contribution is 6.45. The number of ether oxygens (including phenoxy) is 1. The maximum absolute atomic E-state index is 12.5. The van der Waals surface area contributed by atoms with Crippen LogP contribution >= 0.6 is 0 Å². The number of carbonyl (C=O) groups is 4. The number of amides is 5. The summed E-state index contributed by atoms with van der Waals surface area (Å²) in [5.74, 6) is -1.87. The number of nitrogens with one attached hydrogen (secondary N) is 1.